The Bertz CT molecular complexity index is 948. The molecule has 2 heterocycles. The summed E-state index contributed by atoms with van der Waals surface area (Å²) in [5.41, 5.74) is 1.07. The SMILES string of the molecule is Cc1cc(CC2CCN(C(=O)Cn3cc(C)c(=O)[nH]c3=O)C2)ccc1F. The van der Waals surface area contributed by atoms with Crippen molar-refractivity contribution in [1.82, 2.24) is 14.5 Å². The van der Waals surface area contributed by atoms with Gasteiger partial charge >= 0.3 is 5.69 Å². The number of H-pyrrole nitrogens is 1. The van der Waals surface area contributed by atoms with Crippen LogP contribution in [0.4, 0.5) is 4.39 Å². The van der Waals surface area contributed by atoms with Gasteiger partial charge in [0.15, 0.2) is 0 Å². The van der Waals surface area contributed by atoms with Crippen molar-refractivity contribution < 1.29 is 9.18 Å². The Morgan fingerprint density at radius 1 is 1.27 bits per heavy atom. The molecule has 1 amide bonds. The zero-order valence-corrected chi connectivity index (χ0v) is 14.9. The Balaban J connectivity index is 1.62. The number of nitrogens with zero attached hydrogens (tertiary/aromatic N) is 2. The van der Waals surface area contributed by atoms with E-state index in [2.05, 4.69) is 4.98 Å². The monoisotopic (exact) mass is 359 g/mol. The van der Waals surface area contributed by atoms with Gasteiger partial charge < -0.3 is 4.90 Å². The first-order valence-electron chi connectivity index (χ1n) is 8.66. The van der Waals surface area contributed by atoms with Crippen LogP contribution >= 0.6 is 0 Å². The Labute approximate surface area is 150 Å². The van der Waals surface area contributed by atoms with Crippen LogP contribution in [0.15, 0.2) is 34.0 Å². The normalized spacial score (nSPS) is 16.9. The molecule has 1 aliphatic heterocycles. The first kappa shape index (κ1) is 18.1. The first-order valence-corrected chi connectivity index (χ1v) is 8.66. The molecule has 138 valence electrons. The molecule has 0 aliphatic carbocycles. The van der Waals surface area contributed by atoms with E-state index in [0.29, 0.717) is 30.1 Å². The zero-order valence-electron chi connectivity index (χ0n) is 14.9. The lowest BCUT2D eigenvalue weighted by atomic mass is 9.97. The Morgan fingerprint density at radius 2 is 2.04 bits per heavy atom. The number of likely N-dealkylation sites (tertiary alicyclic amines) is 1. The van der Waals surface area contributed by atoms with Crippen molar-refractivity contribution in [2.24, 2.45) is 5.92 Å². The van der Waals surface area contributed by atoms with E-state index in [0.717, 1.165) is 18.4 Å². The third-order valence-electron chi connectivity index (χ3n) is 4.88. The van der Waals surface area contributed by atoms with Crippen molar-refractivity contribution in [3.8, 4) is 0 Å². The average molecular weight is 359 g/mol. The van der Waals surface area contributed by atoms with Gasteiger partial charge in [0.1, 0.15) is 12.4 Å². The van der Waals surface area contributed by atoms with Gasteiger partial charge in [0.05, 0.1) is 0 Å². The second-order valence-electron chi connectivity index (χ2n) is 6.98. The number of amides is 1. The number of hydrogen-bond donors (Lipinski definition) is 1. The maximum absolute atomic E-state index is 13.4. The standard InChI is InChI=1S/C19H22FN3O3/c1-12-7-14(3-4-16(12)20)8-15-5-6-22(10-15)17(24)11-23-9-13(2)18(25)21-19(23)26/h3-4,7,9,15H,5-6,8,10-11H2,1-2H3,(H,21,25,26). The summed E-state index contributed by atoms with van der Waals surface area (Å²) in [6.07, 6.45) is 3.08. The Morgan fingerprint density at radius 3 is 2.77 bits per heavy atom. The van der Waals surface area contributed by atoms with E-state index >= 15 is 0 Å². The minimum Gasteiger partial charge on any atom is -0.341 e. The zero-order chi connectivity index (χ0) is 18.8. The third kappa shape index (κ3) is 3.92. The minimum absolute atomic E-state index is 0.0845. The van der Waals surface area contributed by atoms with Crippen LogP contribution in [0.3, 0.4) is 0 Å². The molecule has 2 aromatic rings. The van der Waals surface area contributed by atoms with Gasteiger partial charge in [-0.25, -0.2) is 9.18 Å². The molecule has 3 rings (SSSR count). The molecule has 0 bridgehead atoms. The lowest BCUT2D eigenvalue weighted by molar-refractivity contribution is -0.131. The van der Waals surface area contributed by atoms with Crippen LogP contribution in [0.2, 0.25) is 0 Å². The maximum Gasteiger partial charge on any atom is 0.328 e. The van der Waals surface area contributed by atoms with Crippen molar-refractivity contribution in [3.63, 3.8) is 0 Å². The smallest absolute Gasteiger partial charge is 0.328 e. The number of aryl methyl sites for hydroxylation is 2. The molecule has 1 N–H and O–H groups in total. The molecule has 1 unspecified atom stereocenters. The fourth-order valence-electron chi connectivity index (χ4n) is 3.37. The van der Waals surface area contributed by atoms with Gasteiger partial charge in [-0.3, -0.25) is 19.1 Å². The van der Waals surface area contributed by atoms with Gasteiger partial charge in [-0.2, -0.15) is 0 Å². The number of halogens is 1. The number of nitrogens with one attached hydrogen (secondary N) is 1. The molecule has 7 heteroatoms. The minimum atomic E-state index is -0.577. The molecule has 6 nitrogen and oxygen atoms in total. The van der Waals surface area contributed by atoms with Crippen LogP contribution in [0.25, 0.3) is 0 Å². The lowest BCUT2D eigenvalue weighted by Crippen LogP contribution is -2.38. The summed E-state index contributed by atoms with van der Waals surface area (Å²) in [4.78, 5) is 39.7. The van der Waals surface area contributed by atoms with E-state index in [-0.39, 0.29) is 18.3 Å². The van der Waals surface area contributed by atoms with Crippen molar-refractivity contribution in [2.45, 2.75) is 33.2 Å². The molecule has 26 heavy (non-hydrogen) atoms. The molecular formula is C19H22FN3O3. The van der Waals surface area contributed by atoms with Crippen molar-refractivity contribution in [2.75, 3.05) is 13.1 Å². The van der Waals surface area contributed by atoms with E-state index in [1.807, 2.05) is 6.07 Å². The summed E-state index contributed by atoms with van der Waals surface area (Å²) >= 11 is 0. The van der Waals surface area contributed by atoms with Gasteiger partial charge in [0, 0.05) is 24.8 Å². The van der Waals surface area contributed by atoms with Crippen molar-refractivity contribution in [3.05, 3.63) is 67.7 Å². The predicted molar refractivity (Wildman–Crippen MR) is 95.6 cm³/mol. The van der Waals surface area contributed by atoms with Crippen molar-refractivity contribution in [1.29, 1.82) is 0 Å². The summed E-state index contributed by atoms with van der Waals surface area (Å²) in [5.74, 6) is -0.0344. The van der Waals surface area contributed by atoms with Gasteiger partial charge in [-0.15, -0.1) is 0 Å². The van der Waals surface area contributed by atoms with Crippen LogP contribution in [0, 0.1) is 25.6 Å². The molecule has 1 aromatic carbocycles. The van der Waals surface area contributed by atoms with Crippen LogP contribution in [0.5, 0.6) is 0 Å². The number of aromatic amines is 1. The second-order valence-corrected chi connectivity index (χ2v) is 6.98. The lowest BCUT2D eigenvalue weighted by Gasteiger charge is -2.17. The van der Waals surface area contributed by atoms with Crippen molar-refractivity contribution >= 4 is 5.91 Å². The van der Waals surface area contributed by atoms with Gasteiger partial charge in [0.25, 0.3) is 5.56 Å². The fourth-order valence-corrected chi connectivity index (χ4v) is 3.37. The molecule has 1 aromatic heterocycles. The highest BCUT2D eigenvalue weighted by atomic mass is 19.1. The molecule has 0 spiro atoms. The fraction of sp³-hybridized carbons (Fsp3) is 0.421. The Hall–Kier alpha value is -2.70. The highest BCUT2D eigenvalue weighted by Crippen LogP contribution is 2.22. The summed E-state index contributed by atoms with van der Waals surface area (Å²) in [6.45, 7) is 4.51. The van der Waals surface area contributed by atoms with E-state index in [1.54, 1.807) is 24.8 Å². The summed E-state index contributed by atoms with van der Waals surface area (Å²) in [5, 5.41) is 0. The first-order chi connectivity index (χ1) is 12.3. The largest absolute Gasteiger partial charge is 0.341 e. The van der Waals surface area contributed by atoms with Crippen LogP contribution in [0.1, 0.15) is 23.1 Å². The Kier molecular flexibility index (Phi) is 5.06. The number of carbonyl (C=O) groups is 1. The van der Waals surface area contributed by atoms with Gasteiger partial charge in [-0.05, 0) is 49.8 Å². The maximum atomic E-state index is 13.4. The molecule has 0 radical (unpaired) electrons. The molecule has 1 saturated heterocycles. The topological polar surface area (TPSA) is 75.2 Å². The van der Waals surface area contributed by atoms with E-state index in [1.165, 1.54) is 16.8 Å². The highest BCUT2D eigenvalue weighted by molar-refractivity contribution is 5.76. The second kappa shape index (κ2) is 7.27. The summed E-state index contributed by atoms with van der Waals surface area (Å²) in [6, 6.07) is 5.12. The van der Waals surface area contributed by atoms with E-state index < -0.39 is 11.2 Å². The average Bonchev–Trinajstić information content (AvgIpc) is 3.04. The number of benzene rings is 1. The summed E-state index contributed by atoms with van der Waals surface area (Å²) in [7, 11) is 0. The number of rotatable bonds is 4. The number of carbonyl (C=O) groups excluding carboxylic acids is 1. The quantitative estimate of drug-likeness (QED) is 0.896. The number of hydrogen-bond acceptors (Lipinski definition) is 3. The number of aromatic nitrogens is 2. The van der Waals surface area contributed by atoms with Crippen LogP contribution in [-0.2, 0) is 17.8 Å². The molecule has 1 aliphatic rings. The molecular weight excluding hydrogens is 337 g/mol. The molecule has 1 atom stereocenters. The van der Waals surface area contributed by atoms with Crippen LogP contribution in [-0.4, -0.2) is 33.4 Å². The molecule has 0 saturated carbocycles. The molecule has 1 fully saturated rings. The summed E-state index contributed by atoms with van der Waals surface area (Å²) < 4.78 is 14.6. The predicted octanol–water partition coefficient (Wildman–Crippen LogP) is 1.38. The van der Waals surface area contributed by atoms with Gasteiger partial charge in [-0.1, -0.05) is 12.1 Å². The highest BCUT2D eigenvalue weighted by Gasteiger charge is 2.26. The third-order valence-corrected chi connectivity index (χ3v) is 4.88. The van der Waals surface area contributed by atoms with E-state index in [9.17, 15) is 18.8 Å². The van der Waals surface area contributed by atoms with Crippen LogP contribution < -0.4 is 11.2 Å². The van der Waals surface area contributed by atoms with Gasteiger partial charge in [0.2, 0.25) is 5.91 Å². The van der Waals surface area contributed by atoms with E-state index in [4.69, 9.17) is 0 Å².